The number of carbonyl (C=O) groups excluding carboxylic acids is 1. The summed E-state index contributed by atoms with van der Waals surface area (Å²) >= 11 is 1.33. The van der Waals surface area contributed by atoms with Gasteiger partial charge in [-0.05, 0) is 26.0 Å². The maximum Gasteiger partial charge on any atom is 0.267 e. The average molecular weight is 358 g/mol. The second-order valence-electron chi connectivity index (χ2n) is 5.84. The monoisotopic (exact) mass is 358 g/mol. The van der Waals surface area contributed by atoms with Crippen LogP contribution in [0.2, 0.25) is 0 Å². The van der Waals surface area contributed by atoms with Crippen LogP contribution in [0.1, 0.15) is 21.2 Å². The summed E-state index contributed by atoms with van der Waals surface area (Å²) in [5.74, 6) is 1.52. The van der Waals surface area contributed by atoms with Gasteiger partial charge in [-0.25, -0.2) is 4.98 Å². The van der Waals surface area contributed by atoms with Gasteiger partial charge >= 0.3 is 0 Å². The summed E-state index contributed by atoms with van der Waals surface area (Å²) in [6, 6.07) is 3.79. The third-order valence-corrected chi connectivity index (χ3v) is 5.33. The molecule has 0 atom stereocenters. The zero-order chi connectivity index (χ0) is 17.4. The minimum absolute atomic E-state index is 0.159. The molecule has 0 aliphatic carbocycles. The van der Waals surface area contributed by atoms with Crippen LogP contribution < -0.4 is 10.2 Å². The van der Waals surface area contributed by atoms with Crippen molar-refractivity contribution in [2.24, 2.45) is 0 Å². The van der Waals surface area contributed by atoms with E-state index in [4.69, 9.17) is 4.74 Å². The van der Waals surface area contributed by atoms with Crippen LogP contribution in [0.4, 0.5) is 11.5 Å². The van der Waals surface area contributed by atoms with Crippen LogP contribution in [0.5, 0.6) is 0 Å². The third-order valence-electron chi connectivity index (χ3n) is 4.20. The Hall–Kier alpha value is -2.52. The van der Waals surface area contributed by atoms with Crippen LogP contribution in [0.3, 0.4) is 0 Å². The molecule has 0 aromatic carbocycles. The molecule has 0 radical (unpaired) electrons. The van der Waals surface area contributed by atoms with Crippen LogP contribution in [0.15, 0.2) is 18.3 Å². The maximum absolute atomic E-state index is 12.6. The van der Waals surface area contributed by atoms with E-state index in [2.05, 4.69) is 25.4 Å². The summed E-state index contributed by atoms with van der Waals surface area (Å²) < 4.78 is 7.24. The lowest BCUT2D eigenvalue weighted by Gasteiger charge is -2.27. The molecule has 4 rings (SSSR count). The fourth-order valence-corrected chi connectivity index (χ4v) is 3.91. The summed E-state index contributed by atoms with van der Waals surface area (Å²) in [7, 11) is 0. The zero-order valence-electron chi connectivity index (χ0n) is 14.0. The van der Waals surface area contributed by atoms with E-state index in [0.29, 0.717) is 23.8 Å². The quantitative estimate of drug-likeness (QED) is 0.770. The largest absolute Gasteiger partial charge is 0.378 e. The van der Waals surface area contributed by atoms with Gasteiger partial charge in [-0.2, -0.15) is 0 Å². The molecule has 8 nitrogen and oxygen atoms in total. The first-order valence-corrected chi connectivity index (χ1v) is 8.86. The summed E-state index contributed by atoms with van der Waals surface area (Å²) in [6.45, 7) is 6.87. The number of morpholine rings is 1. The number of pyridine rings is 1. The van der Waals surface area contributed by atoms with Gasteiger partial charge in [0.15, 0.2) is 0 Å². The average Bonchev–Trinajstić information content (AvgIpc) is 3.17. The Morgan fingerprint density at radius 3 is 2.72 bits per heavy atom. The molecule has 0 spiro atoms. The molecule has 1 aliphatic rings. The number of rotatable bonds is 3. The molecular weight excluding hydrogens is 340 g/mol. The van der Waals surface area contributed by atoms with Crippen LogP contribution in [0, 0.1) is 13.8 Å². The van der Waals surface area contributed by atoms with E-state index in [1.165, 1.54) is 11.3 Å². The Morgan fingerprint density at radius 1 is 1.24 bits per heavy atom. The Balaban J connectivity index is 1.50. The number of hydrogen-bond donors (Lipinski definition) is 1. The van der Waals surface area contributed by atoms with Gasteiger partial charge in [0.1, 0.15) is 16.5 Å². The molecule has 0 unspecified atom stereocenters. The first kappa shape index (κ1) is 16.0. The van der Waals surface area contributed by atoms with Gasteiger partial charge in [0.05, 0.1) is 25.1 Å². The van der Waals surface area contributed by atoms with E-state index in [-0.39, 0.29) is 5.91 Å². The molecule has 130 valence electrons. The SMILES string of the molecule is Cc1nnc2sc(C(=O)Nc3ccc(N4CCOCC4)nc3)c(C)n12. The predicted molar refractivity (Wildman–Crippen MR) is 95.6 cm³/mol. The Bertz CT molecular complexity index is 911. The molecule has 1 amide bonds. The molecule has 9 heteroatoms. The number of hydrogen-bond acceptors (Lipinski definition) is 7. The number of ether oxygens (including phenoxy) is 1. The number of nitrogens with one attached hydrogen (secondary N) is 1. The number of amides is 1. The van der Waals surface area contributed by atoms with Crippen molar-refractivity contribution >= 4 is 33.7 Å². The second-order valence-corrected chi connectivity index (χ2v) is 6.82. The fraction of sp³-hybridized carbons (Fsp3) is 0.375. The molecular formula is C16H18N6O2S. The van der Waals surface area contributed by atoms with Gasteiger partial charge in [0, 0.05) is 18.8 Å². The highest BCUT2D eigenvalue weighted by Gasteiger charge is 2.19. The summed E-state index contributed by atoms with van der Waals surface area (Å²) in [5.41, 5.74) is 1.51. The highest BCUT2D eigenvalue weighted by molar-refractivity contribution is 7.19. The van der Waals surface area contributed by atoms with E-state index in [1.807, 2.05) is 30.4 Å². The van der Waals surface area contributed by atoms with Crippen molar-refractivity contribution in [2.75, 3.05) is 36.5 Å². The molecule has 3 aromatic heterocycles. The maximum atomic E-state index is 12.6. The number of aryl methyl sites for hydroxylation is 2. The number of carbonyl (C=O) groups is 1. The fourth-order valence-electron chi connectivity index (χ4n) is 2.90. The van der Waals surface area contributed by atoms with Crippen molar-refractivity contribution < 1.29 is 9.53 Å². The minimum Gasteiger partial charge on any atom is -0.378 e. The van der Waals surface area contributed by atoms with Crippen molar-refractivity contribution in [1.82, 2.24) is 19.6 Å². The van der Waals surface area contributed by atoms with E-state index in [1.54, 1.807) is 6.20 Å². The van der Waals surface area contributed by atoms with Crippen molar-refractivity contribution in [1.29, 1.82) is 0 Å². The van der Waals surface area contributed by atoms with Crippen LogP contribution in [-0.4, -0.2) is 51.8 Å². The number of anilines is 2. The van der Waals surface area contributed by atoms with Gasteiger partial charge in [0.25, 0.3) is 5.91 Å². The van der Waals surface area contributed by atoms with Gasteiger partial charge in [-0.15, -0.1) is 10.2 Å². The summed E-state index contributed by atoms with van der Waals surface area (Å²) in [5, 5.41) is 11.0. The van der Waals surface area contributed by atoms with Gasteiger partial charge < -0.3 is 15.0 Å². The predicted octanol–water partition coefficient (Wildman–Crippen LogP) is 1.89. The van der Waals surface area contributed by atoms with Crippen LogP contribution >= 0.6 is 11.3 Å². The lowest BCUT2D eigenvalue weighted by molar-refractivity contribution is 0.102. The van der Waals surface area contributed by atoms with Gasteiger partial charge in [-0.1, -0.05) is 11.3 Å². The van der Waals surface area contributed by atoms with E-state index in [0.717, 1.165) is 35.4 Å². The topological polar surface area (TPSA) is 84.7 Å². The summed E-state index contributed by atoms with van der Waals surface area (Å²) in [6.07, 6.45) is 1.68. The number of nitrogens with zero attached hydrogens (tertiary/aromatic N) is 5. The molecule has 1 aliphatic heterocycles. The van der Waals surface area contributed by atoms with E-state index >= 15 is 0 Å². The molecule has 0 bridgehead atoms. The molecule has 1 N–H and O–H groups in total. The standard InChI is InChI=1S/C16H18N6O2S/c1-10-14(25-16-20-19-11(2)22(10)16)15(23)18-12-3-4-13(17-9-12)21-5-7-24-8-6-21/h3-4,9H,5-8H2,1-2H3,(H,18,23). The Labute approximate surface area is 148 Å². The first-order chi connectivity index (χ1) is 12.1. The highest BCUT2D eigenvalue weighted by Crippen LogP contribution is 2.24. The zero-order valence-corrected chi connectivity index (χ0v) is 14.8. The van der Waals surface area contributed by atoms with Gasteiger partial charge in [-0.3, -0.25) is 9.20 Å². The first-order valence-electron chi connectivity index (χ1n) is 8.04. The molecule has 3 aromatic rings. The number of fused-ring (bicyclic) bond motifs is 1. The van der Waals surface area contributed by atoms with Gasteiger partial charge in [0.2, 0.25) is 4.96 Å². The number of thiazole rings is 1. The smallest absolute Gasteiger partial charge is 0.267 e. The highest BCUT2D eigenvalue weighted by atomic mass is 32.1. The Kier molecular flexibility index (Phi) is 4.10. The third kappa shape index (κ3) is 2.96. The van der Waals surface area contributed by atoms with Crippen LogP contribution in [-0.2, 0) is 4.74 Å². The molecule has 0 saturated carbocycles. The van der Waals surface area contributed by atoms with Crippen molar-refractivity contribution in [3.05, 3.63) is 34.7 Å². The van der Waals surface area contributed by atoms with E-state index in [9.17, 15) is 4.79 Å². The van der Waals surface area contributed by atoms with Crippen molar-refractivity contribution in [2.45, 2.75) is 13.8 Å². The Morgan fingerprint density at radius 2 is 2.04 bits per heavy atom. The lowest BCUT2D eigenvalue weighted by Crippen LogP contribution is -2.36. The second kappa shape index (κ2) is 6.41. The summed E-state index contributed by atoms with van der Waals surface area (Å²) in [4.78, 5) is 20.6. The van der Waals surface area contributed by atoms with Crippen LogP contribution in [0.25, 0.3) is 4.96 Å². The molecule has 25 heavy (non-hydrogen) atoms. The minimum atomic E-state index is -0.159. The van der Waals surface area contributed by atoms with Crippen molar-refractivity contribution in [3.8, 4) is 0 Å². The lowest BCUT2D eigenvalue weighted by atomic mass is 10.3. The molecule has 1 saturated heterocycles. The van der Waals surface area contributed by atoms with Crippen molar-refractivity contribution in [3.63, 3.8) is 0 Å². The van der Waals surface area contributed by atoms with E-state index < -0.39 is 0 Å². The number of aromatic nitrogens is 4. The molecule has 4 heterocycles. The molecule has 1 fully saturated rings. The normalized spacial score (nSPS) is 14.9.